The number of amides is 4. The molecule has 0 saturated heterocycles. The molecule has 148 valence electrons. The summed E-state index contributed by atoms with van der Waals surface area (Å²) in [6.07, 6.45) is 1.63. The van der Waals surface area contributed by atoms with E-state index in [9.17, 15) is 14.4 Å². The number of carbonyl (C=O) groups excluding carboxylic acids is 3. The van der Waals surface area contributed by atoms with Gasteiger partial charge in [-0.2, -0.15) is 0 Å². The number of carbonyl (C=O) groups is 3. The Balaban J connectivity index is 1.96. The van der Waals surface area contributed by atoms with Crippen molar-refractivity contribution in [1.82, 2.24) is 20.0 Å². The zero-order valence-electron chi connectivity index (χ0n) is 16.1. The van der Waals surface area contributed by atoms with Crippen molar-refractivity contribution in [2.45, 2.75) is 19.0 Å². The van der Waals surface area contributed by atoms with E-state index in [0.29, 0.717) is 28.4 Å². The summed E-state index contributed by atoms with van der Waals surface area (Å²) in [5.74, 6) is -0.469. The smallest absolute Gasteiger partial charge is 0.322 e. The van der Waals surface area contributed by atoms with E-state index in [4.69, 9.17) is 11.6 Å². The highest BCUT2D eigenvalue weighted by Gasteiger charge is 2.45. The van der Waals surface area contributed by atoms with E-state index in [0.717, 1.165) is 0 Å². The molecule has 0 fully saturated rings. The van der Waals surface area contributed by atoms with Gasteiger partial charge in [0.15, 0.2) is 0 Å². The number of hydrogen-bond acceptors (Lipinski definition) is 3. The lowest BCUT2D eigenvalue weighted by Crippen LogP contribution is -2.47. The molecule has 2 aliphatic rings. The summed E-state index contributed by atoms with van der Waals surface area (Å²) in [6.45, 7) is 5.91. The van der Waals surface area contributed by atoms with Crippen LogP contribution in [0, 0.1) is 0 Å². The van der Waals surface area contributed by atoms with Gasteiger partial charge in [0.05, 0.1) is 23.9 Å². The van der Waals surface area contributed by atoms with E-state index < -0.39 is 12.1 Å². The van der Waals surface area contributed by atoms with Crippen molar-refractivity contribution in [3.05, 3.63) is 58.8 Å². The third kappa shape index (κ3) is 3.26. The van der Waals surface area contributed by atoms with Crippen LogP contribution in [0.25, 0.3) is 0 Å². The first-order chi connectivity index (χ1) is 13.3. The second-order valence-electron chi connectivity index (χ2n) is 6.94. The van der Waals surface area contributed by atoms with Gasteiger partial charge in [-0.25, -0.2) is 4.79 Å². The molecule has 4 amide bonds. The first-order valence-corrected chi connectivity index (χ1v) is 9.34. The molecule has 2 aliphatic heterocycles. The number of urea groups is 1. The molecule has 3 rings (SSSR count). The lowest BCUT2D eigenvalue weighted by atomic mass is 9.95. The third-order valence-corrected chi connectivity index (χ3v) is 5.55. The molecule has 7 nitrogen and oxygen atoms in total. The van der Waals surface area contributed by atoms with Crippen molar-refractivity contribution in [1.29, 1.82) is 0 Å². The van der Waals surface area contributed by atoms with Gasteiger partial charge in [0.1, 0.15) is 6.04 Å². The maximum Gasteiger partial charge on any atom is 0.322 e. The van der Waals surface area contributed by atoms with Gasteiger partial charge in [0.25, 0.3) is 5.91 Å². The molecular weight excluding hydrogens is 380 g/mol. The minimum Gasteiger partial charge on any atom is -0.340 e. The number of hydrogen-bond donors (Lipinski definition) is 1. The Morgan fingerprint density at radius 1 is 1.43 bits per heavy atom. The van der Waals surface area contributed by atoms with Crippen molar-refractivity contribution < 1.29 is 14.4 Å². The van der Waals surface area contributed by atoms with E-state index in [-0.39, 0.29) is 24.4 Å². The minimum absolute atomic E-state index is 0.188. The van der Waals surface area contributed by atoms with Crippen LogP contribution in [-0.2, 0) is 9.59 Å². The number of rotatable bonds is 5. The van der Waals surface area contributed by atoms with E-state index in [2.05, 4.69) is 11.9 Å². The van der Waals surface area contributed by atoms with Crippen LogP contribution < -0.4 is 5.32 Å². The number of likely N-dealkylation sites (N-methyl/N-ethyl adjacent to an activating group) is 2. The lowest BCUT2D eigenvalue weighted by molar-refractivity contribution is -0.141. The number of nitrogens with one attached hydrogen (secondary N) is 1. The predicted molar refractivity (Wildman–Crippen MR) is 107 cm³/mol. The SMILES string of the molecule is C=CCN(C)C(=O)C(C)N1CC2=C(C1=O)C(c1ccccc1Cl)NC(=O)N2C. The Kier molecular flexibility index (Phi) is 5.47. The minimum atomic E-state index is -0.668. The fourth-order valence-electron chi connectivity index (χ4n) is 3.58. The molecule has 0 spiro atoms. The van der Waals surface area contributed by atoms with Gasteiger partial charge in [-0.05, 0) is 18.6 Å². The molecule has 28 heavy (non-hydrogen) atoms. The Morgan fingerprint density at radius 2 is 2.11 bits per heavy atom. The first kappa shape index (κ1) is 19.9. The molecule has 2 unspecified atom stereocenters. The third-order valence-electron chi connectivity index (χ3n) is 5.21. The first-order valence-electron chi connectivity index (χ1n) is 8.96. The standard InChI is InChI=1S/C20H23ClN4O3/c1-5-10-23(3)18(26)12(2)25-11-15-16(19(25)27)17(22-20(28)24(15)4)13-8-6-7-9-14(13)21/h5-9,12,17H,1,10-11H2,2-4H3,(H,22,28). The molecule has 0 saturated carbocycles. The summed E-state index contributed by atoms with van der Waals surface area (Å²) in [5.41, 5.74) is 1.68. The second kappa shape index (κ2) is 7.67. The highest BCUT2D eigenvalue weighted by Crippen LogP contribution is 2.38. The highest BCUT2D eigenvalue weighted by molar-refractivity contribution is 6.31. The van der Waals surface area contributed by atoms with Crippen molar-refractivity contribution in [3.63, 3.8) is 0 Å². The summed E-state index contributed by atoms with van der Waals surface area (Å²) >= 11 is 6.32. The van der Waals surface area contributed by atoms with Gasteiger partial charge in [-0.15, -0.1) is 6.58 Å². The van der Waals surface area contributed by atoms with Gasteiger partial charge in [-0.3, -0.25) is 14.5 Å². The molecule has 2 atom stereocenters. The molecule has 2 heterocycles. The molecule has 0 aliphatic carbocycles. The van der Waals surface area contributed by atoms with Crippen molar-refractivity contribution in [2.24, 2.45) is 0 Å². The van der Waals surface area contributed by atoms with Crippen LogP contribution in [0.1, 0.15) is 18.5 Å². The fraction of sp³-hybridized carbons (Fsp3) is 0.350. The molecule has 1 aromatic rings. The number of halogens is 1. The molecule has 8 heteroatoms. The average Bonchev–Trinajstić information content (AvgIpc) is 3.02. The van der Waals surface area contributed by atoms with Crippen LogP contribution in [-0.4, -0.2) is 65.8 Å². The normalized spacial score (nSPS) is 20.1. The van der Waals surface area contributed by atoms with Crippen LogP contribution in [0.5, 0.6) is 0 Å². The summed E-state index contributed by atoms with van der Waals surface area (Å²) in [4.78, 5) is 42.8. The molecule has 0 radical (unpaired) electrons. The molecule has 1 N–H and O–H groups in total. The van der Waals surface area contributed by atoms with Crippen LogP contribution in [0.15, 0.2) is 48.2 Å². The van der Waals surface area contributed by atoms with Gasteiger partial charge in [0.2, 0.25) is 5.91 Å². The Bertz CT molecular complexity index is 882. The number of nitrogens with zero attached hydrogens (tertiary/aromatic N) is 3. The van der Waals surface area contributed by atoms with Crippen LogP contribution in [0.2, 0.25) is 5.02 Å². The summed E-state index contributed by atoms with van der Waals surface area (Å²) < 4.78 is 0. The van der Waals surface area contributed by atoms with E-state index in [1.807, 2.05) is 0 Å². The Morgan fingerprint density at radius 3 is 2.75 bits per heavy atom. The van der Waals surface area contributed by atoms with Gasteiger partial charge in [-0.1, -0.05) is 35.9 Å². The van der Waals surface area contributed by atoms with E-state index >= 15 is 0 Å². The van der Waals surface area contributed by atoms with Crippen LogP contribution in [0.4, 0.5) is 4.79 Å². The monoisotopic (exact) mass is 402 g/mol. The maximum absolute atomic E-state index is 13.3. The molecule has 0 aromatic heterocycles. The predicted octanol–water partition coefficient (Wildman–Crippen LogP) is 2.17. The topological polar surface area (TPSA) is 73.0 Å². The summed E-state index contributed by atoms with van der Waals surface area (Å²) in [6, 6.07) is 5.45. The van der Waals surface area contributed by atoms with Crippen LogP contribution in [0.3, 0.4) is 0 Å². The quantitative estimate of drug-likeness (QED) is 0.767. The second-order valence-corrected chi connectivity index (χ2v) is 7.35. The molecular formula is C20H23ClN4O3. The Hall–Kier alpha value is -2.80. The van der Waals surface area contributed by atoms with Gasteiger partial charge in [0, 0.05) is 25.7 Å². The lowest BCUT2D eigenvalue weighted by Gasteiger charge is -2.31. The van der Waals surface area contributed by atoms with E-state index in [1.165, 1.54) is 14.7 Å². The largest absolute Gasteiger partial charge is 0.340 e. The maximum atomic E-state index is 13.3. The molecule has 0 bridgehead atoms. The highest BCUT2D eigenvalue weighted by atomic mass is 35.5. The number of benzene rings is 1. The van der Waals surface area contributed by atoms with Gasteiger partial charge < -0.3 is 15.1 Å². The zero-order valence-corrected chi connectivity index (χ0v) is 16.9. The average molecular weight is 403 g/mol. The van der Waals surface area contributed by atoms with Crippen LogP contribution >= 0.6 is 11.6 Å². The summed E-state index contributed by atoms with van der Waals surface area (Å²) in [7, 11) is 3.28. The van der Waals surface area contributed by atoms with Gasteiger partial charge >= 0.3 is 6.03 Å². The van der Waals surface area contributed by atoms with Crippen molar-refractivity contribution >= 4 is 29.4 Å². The van der Waals surface area contributed by atoms with Crippen molar-refractivity contribution in [3.8, 4) is 0 Å². The summed E-state index contributed by atoms with van der Waals surface area (Å²) in [5, 5.41) is 3.31. The van der Waals surface area contributed by atoms with E-state index in [1.54, 1.807) is 51.4 Å². The van der Waals surface area contributed by atoms with Crippen molar-refractivity contribution in [2.75, 3.05) is 27.2 Å². The molecule has 1 aromatic carbocycles. The zero-order chi connectivity index (χ0) is 20.6. The fourth-order valence-corrected chi connectivity index (χ4v) is 3.82. The Labute approximate surface area is 169 Å².